The van der Waals surface area contributed by atoms with Crippen molar-refractivity contribution in [3.05, 3.63) is 34.9 Å². The third-order valence-electron chi connectivity index (χ3n) is 5.86. The predicted molar refractivity (Wildman–Crippen MR) is 100 cm³/mol. The van der Waals surface area contributed by atoms with E-state index < -0.39 is 17.6 Å². The molecule has 0 bridgehead atoms. The van der Waals surface area contributed by atoms with Crippen LogP contribution in [0.5, 0.6) is 0 Å². The molecule has 8 heteroatoms. The molecule has 0 aromatic heterocycles. The number of hydrogen-bond donors (Lipinski definition) is 3. The van der Waals surface area contributed by atoms with Crippen LogP contribution < -0.4 is 16.0 Å². The van der Waals surface area contributed by atoms with Gasteiger partial charge in [0.05, 0.1) is 0 Å². The largest absolute Gasteiger partial charge is 0.322 e. The zero-order valence-corrected chi connectivity index (χ0v) is 15.7. The predicted octanol–water partition coefficient (Wildman–Crippen LogP) is 0.629. The Bertz CT molecular complexity index is 807. The van der Waals surface area contributed by atoms with Gasteiger partial charge in [0, 0.05) is 31.6 Å². The highest BCUT2D eigenvalue weighted by Crippen LogP contribution is 2.28. The summed E-state index contributed by atoms with van der Waals surface area (Å²) in [4.78, 5) is 37.8. The Labute approximate surface area is 163 Å². The molecule has 0 saturated carbocycles. The molecule has 3 aliphatic rings. The Balaban J connectivity index is 1.39. The molecule has 1 unspecified atom stereocenters. The molecule has 7 nitrogen and oxygen atoms in total. The Hall–Kier alpha value is -2.32. The Morgan fingerprint density at radius 2 is 2.00 bits per heavy atom. The average molecular weight is 388 g/mol. The van der Waals surface area contributed by atoms with Crippen molar-refractivity contribution in [1.82, 2.24) is 20.9 Å². The normalized spacial score (nSPS) is 24.2. The number of fused-ring (bicyclic) bond motifs is 1. The summed E-state index contributed by atoms with van der Waals surface area (Å²) in [5, 5.41) is 8.64. The monoisotopic (exact) mass is 388 g/mol. The van der Waals surface area contributed by atoms with Crippen LogP contribution in [0.25, 0.3) is 0 Å². The van der Waals surface area contributed by atoms with E-state index in [1.165, 1.54) is 4.90 Å². The molecular formula is C20H25FN4O3. The average Bonchev–Trinajstić information content (AvgIpc) is 2.98. The minimum atomic E-state index is -1.18. The summed E-state index contributed by atoms with van der Waals surface area (Å²) in [6.07, 6.45) is 1.60. The molecule has 2 fully saturated rings. The molecule has 4 rings (SSSR count). The topological polar surface area (TPSA) is 90.5 Å². The Kier molecular flexibility index (Phi) is 5.16. The van der Waals surface area contributed by atoms with E-state index in [9.17, 15) is 18.8 Å². The first-order valence-corrected chi connectivity index (χ1v) is 9.82. The fraction of sp³-hybridized carbons (Fsp3) is 0.550. The van der Waals surface area contributed by atoms with Crippen LogP contribution >= 0.6 is 0 Å². The number of benzene rings is 1. The van der Waals surface area contributed by atoms with Gasteiger partial charge in [-0.2, -0.15) is 0 Å². The second-order valence-electron chi connectivity index (χ2n) is 7.90. The minimum absolute atomic E-state index is 0.188. The summed E-state index contributed by atoms with van der Waals surface area (Å²) in [7, 11) is 0. The fourth-order valence-corrected chi connectivity index (χ4v) is 4.19. The zero-order valence-electron chi connectivity index (χ0n) is 15.7. The van der Waals surface area contributed by atoms with Gasteiger partial charge in [0.15, 0.2) is 0 Å². The van der Waals surface area contributed by atoms with E-state index in [1.807, 2.05) is 18.2 Å². The highest BCUT2D eigenvalue weighted by Gasteiger charge is 2.39. The lowest BCUT2D eigenvalue weighted by molar-refractivity contribution is -0.136. The van der Waals surface area contributed by atoms with Crippen molar-refractivity contribution in [2.24, 2.45) is 0 Å². The van der Waals surface area contributed by atoms with Crippen LogP contribution in [0.3, 0.4) is 0 Å². The van der Waals surface area contributed by atoms with Crippen molar-refractivity contribution >= 4 is 17.7 Å². The summed E-state index contributed by atoms with van der Waals surface area (Å²) >= 11 is 0. The van der Waals surface area contributed by atoms with Crippen LogP contribution in [-0.2, 0) is 22.7 Å². The Morgan fingerprint density at radius 1 is 1.21 bits per heavy atom. The number of carbonyl (C=O) groups is 3. The van der Waals surface area contributed by atoms with Gasteiger partial charge in [-0.3, -0.25) is 19.7 Å². The van der Waals surface area contributed by atoms with Gasteiger partial charge in [-0.15, -0.1) is 0 Å². The number of hydrogen-bond acceptors (Lipinski definition) is 5. The zero-order chi connectivity index (χ0) is 19.7. The molecule has 1 aromatic carbocycles. The van der Waals surface area contributed by atoms with E-state index in [0.717, 1.165) is 11.1 Å². The maximum absolute atomic E-state index is 14.7. The van der Waals surface area contributed by atoms with E-state index in [4.69, 9.17) is 0 Å². The van der Waals surface area contributed by atoms with Crippen molar-refractivity contribution in [3.8, 4) is 0 Å². The van der Waals surface area contributed by atoms with Gasteiger partial charge in [-0.1, -0.05) is 12.1 Å². The van der Waals surface area contributed by atoms with Gasteiger partial charge in [-0.25, -0.2) is 4.39 Å². The lowest BCUT2D eigenvalue weighted by Gasteiger charge is -2.30. The van der Waals surface area contributed by atoms with E-state index in [-0.39, 0.29) is 18.2 Å². The number of amides is 3. The van der Waals surface area contributed by atoms with Gasteiger partial charge < -0.3 is 15.5 Å². The number of rotatable bonds is 5. The first-order valence-electron chi connectivity index (χ1n) is 9.82. The number of imide groups is 1. The molecule has 3 heterocycles. The van der Waals surface area contributed by atoms with E-state index in [1.54, 1.807) is 0 Å². The molecular weight excluding hydrogens is 363 g/mol. The van der Waals surface area contributed by atoms with Crippen LogP contribution in [0.1, 0.15) is 47.2 Å². The summed E-state index contributed by atoms with van der Waals surface area (Å²) in [6.45, 7) is 2.54. The number of carbonyl (C=O) groups excluding carboxylic acids is 3. The summed E-state index contributed by atoms with van der Waals surface area (Å²) in [5.41, 5.74) is 1.19. The van der Waals surface area contributed by atoms with E-state index >= 15 is 0 Å². The molecule has 2 saturated heterocycles. The van der Waals surface area contributed by atoms with E-state index in [0.29, 0.717) is 57.5 Å². The number of piperidine rings is 2. The van der Waals surface area contributed by atoms with Gasteiger partial charge in [0.25, 0.3) is 5.91 Å². The SMILES string of the molecule is O=C1CCC(N2Cc3ccc(CNCC4(F)CCNCC4)cc3C2=O)C(=O)N1. The molecule has 3 N–H and O–H groups in total. The van der Waals surface area contributed by atoms with Crippen molar-refractivity contribution in [1.29, 1.82) is 0 Å². The minimum Gasteiger partial charge on any atom is -0.322 e. The molecule has 0 radical (unpaired) electrons. The summed E-state index contributed by atoms with van der Waals surface area (Å²) < 4.78 is 14.7. The molecule has 3 aliphatic heterocycles. The van der Waals surface area contributed by atoms with Crippen LogP contribution in [-0.4, -0.2) is 54.0 Å². The highest BCUT2D eigenvalue weighted by atomic mass is 19.1. The number of nitrogens with one attached hydrogen (secondary N) is 3. The van der Waals surface area contributed by atoms with E-state index in [2.05, 4.69) is 16.0 Å². The number of alkyl halides is 1. The quantitative estimate of drug-likeness (QED) is 0.644. The van der Waals surface area contributed by atoms with Crippen molar-refractivity contribution < 1.29 is 18.8 Å². The highest BCUT2D eigenvalue weighted by molar-refractivity contribution is 6.05. The third-order valence-corrected chi connectivity index (χ3v) is 5.86. The summed E-state index contributed by atoms with van der Waals surface area (Å²) in [5.74, 6) is -0.890. The molecule has 3 amide bonds. The van der Waals surface area contributed by atoms with Gasteiger partial charge in [-0.05, 0) is 49.5 Å². The van der Waals surface area contributed by atoms with Crippen LogP contribution in [0.4, 0.5) is 4.39 Å². The van der Waals surface area contributed by atoms with Crippen LogP contribution in [0.15, 0.2) is 18.2 Å². The van der Waals surface area contributed by atoms with Crippen LogP contribution in [0.2, 0.25) is 0 Å². The first-order chi connectivity index (χ1) is 13.5. The molecule has 1 atom stereocenters. The smallest absolute Gasteiger partial charge is 0.255 e. The van der Waals surface area contributed by atoms with Gasteiger partial charge in [0.1, 0.15) is 11.7 Å². The third kappa shape index (κ3) is 3.79. The first kappa shape index (κ1) is 19.0. The molecule has 0 spiro atoms. The molecule has 1 aromatic rings. The maximum Gasteiger partial charge on any atom is 0.255 e. The lowest BCUT2D eigenvalue weighted by Crippen LogP contribution is -2.52. The second-order valence-corrected chi connectivity index (χ2v) is 7.90. The fourth-order valence-electron chi connectivity index (χ4n) is 4.19. The standard InChI is InChI=1S/C20H25FN4O3/c21-20(5-7-22-8-6-20)12-23-10-13-1-2-14-11-25(19(28)15(14)9-13)16-3-4-17(26)24-18(16)27/h1-2,9,16,22-23H,3-8,10-12H2,(H,24,26,27). The van der Waals surface area contributed by atoms with Crippen LogP contribution in [0, 0.1) is 0 Å². The number of halogens is 1. The molecule has 28 heavy (non-hydrogen) atoms. The second kappa shape index (κ2) is 7.60. The maximum atomic E-state index is 14.7. The Morgan fingerprint density at radius 3 is 2.75 bits per heavy atom. The van der Waals surface area contributed by atoms with Gasteiger partial charge >= 0.3 is 0 Å². The number of nitrogens with zero attached hydrogens (tertiary/aromatic N) is 1. The van der Waals surface area contributed by atoms with Crippen molar-refractivity contribution in [3.63, 3.8) is 0 Å². The van der Waals surface area contributed by atoms with Crippen molar-refractivity contribution in [2.45, 2.75) is 50.5 Å². The molecule has 150 valence electrons. The lowest BCUT2D eigenvalue weighted by atomic mass is 9.94. The van der Waals surface area contributed by atoms with Gasteiger partial charge in [0.2, 0.25) is 11.8 Å². The summed E-state index contributed by atoms with van der Waals surface area (Å²) in [6, 6.07) is 5.04. The molecule has 0 aliphatic carbocycles. The van der Waals surface area contributed by atoms with Crippen molar-refractivity contribution in [2.75, 3.05) is 19.6 Å².